The van der Waals surface area contributed by atoms with Crippen LogP contribution in [0.2, 0.25) is 0 Å². The quantitative estimate of drug-likeness (QED) is 0.812. The Bertz CT molecular complexity index is 420. The summed E-state index contributed by atoms with van der Waals surface area (Å²) in [5.41, 5.74) is 2.95. The Morgan fingerprint density at radius 2 is 1.90 bits per heavy atom. The highest BCUT2D eigenvalue weighted by Crippen LogP contribution is 2.31. The largest absolute Gasteiger partial charge is 0.496 e. The van der Waals surface area contributed by atoms with Crippen molar-refractivity contribution in [1.82, 2.24) is 5.32 Å². The normalized spacial score (nSPS) is 14.9. The highest BCUT2D eigenvalue weighted by Gasteiger charge is 2.19. The molecule has 0 aliphatic carbocycles. The molecule has 0 saturated carbocycles. The molecule has 0 aliphatic heterocycles. The standard InChI is InChI=1S/C18H31NO/c1-13(12-18(3,4)5)10-16(19-6)15-8-9-17(20-7)14(2)11-15/h8-9,11,13,16,19H,10,12H2,1-7H3. The number of methoxy groups -OCH3 is 1. The first-order valence-electron chi connectivity index (χ1n) is 7.58. The summed E-state index contributed by atoms with van der Waals surface area (Å²) in [6, 6.07) is 6.90. The Hall–Kier alpha value is -1.02. The maximum absolute atomic E-state index is 5.34. The smallest absolute Gasteiger partial charge is 0.121 e. The third-order valence-corrected chi connectivity index (χ3v) is 3.77. The van der Waals surface area contributed by atoms with Gasteiger partial charge in [0.25, 0.3) is 0 Å². The van der Waals surface area contributed by atoms with Crippen LogP contribution >= 0.6 is 0 Å². The number of hydrogen-bond acceptors (Lipinski definition) is 2. The van der Waals surface area contributed by atoms with E-state index in [2.05, 4.69) is 58.1 Å². The number of benzene rings is 1. The van der Waals surface area contributed by atoms with Gasteiger partial charge in [0.15, 0.2) is 0 Å². The lowest BCUT2D eigenvalue weighted by Crippen LogP contribution is -2.21. The number of aryl methyl sites for hydroxylation is 1. The van der Waals surface area contributed by atoms with Gasteiger partial charge in [0.1, 0.15) is 5.75 Å². The van der Waals surface area contributed by atoms with Gasteiger partial charge in [-0.2, -0.15) is 0 Å². The van der Waals surface area contributed by atoms with Gasteiger partial charge in [0, 0.05) is 6.04 Å². The zero-order valence-corrected chi connectivity index (χ0v) is 14.2. The molecule has 0 aromatic heterocycles. The molecule has 2 nitrogen and oxygen atoms in total. The van der Waals surface area contributed by atoms with Crippen LogP contribution in [-0.4, -0.2) is 14.2 Å². The van der Waals surface area contributed by atoms with Crippen LogP contribution in [-0.2, 0) is 0 Å². The fourth-order valence-corrected chi connectivity index (χ4v) is 3.07. The van der Waals surface area contributed by atoms with Crippen LogP contribution in [0.5, 0.6) is 5.75 Å². The van der Waals surface area contributed by atoms with E-state index in [1.54, 1.807) is 7.11 Å². The zero-order chi connectivity index (χ0) is 15.3. The van der Waals surface area contributed by atoms with Gasteiger partial charge in [-0.15, -0.1) is 0 Å². The minimum Gasteiger partial charge on any atom is -0.496 e. The zero-order valence-electron chi connectivity index (χ0n) is 14.2. The molecule has 2 atom stereocenters. The topological polar surface area (TPSA) is 21.3 Å². The fourth-order valence-electron chi connectivity index (χ4n) is 3.07. The molecule has 1 N–H and O–H groups in total. The Morgan fingerprint density at radius 1 is 1.25 bits per heavy atom. The van der Waals surface area contributed by atoms with E-state index < -0.39 is 0 Å². The van der Waals surface area contributed by atoms with Gasteiger partial charge in [-0.25, -0.2) is 0 Å². The predicted octanol–water partition coefficient (Wildman–Crippen LogP) is 4.73. The summed E-state index contributed by atoms with van der Waals surface area (Å²) in [6.07, 6.45) is 2.42. The molecule has 0 saturated heterocycles. The van der Waals surface area contributed by atoms with Gasteiger partial charge in [0.2, 0.25) is 0 Å². The van der Waals surface area contributed by atoms with Gasteiger partial charge in [-0.05, 0) is 55.3 Å². The minimum atomic E-state index is 0.396. The first-order chi connectivity index (χ1) is 9.26. The maximum Gasteiger partial charge on any atom is 0.121 e. The molecule has 0 aliphatic rings. The molecule has 2 unspecified atom stereocenters. The number of hydrogen-bond donors (Lipinski definition) is 1. The lowest BCUT2D eigenvalue weighted by molar-refractivity contribution is 0.279. The van der Waals surface area contributed by atoms with Gasteiger partial charge in [0.05, 0.1) is 7.11 Å². The van der Waals surface area contributed by atoms with Gasteiger partial charge < -0.3 is 10.1 Å². The molecule has 0 fully saturated rings. The summed E-state index contributed by atoms with van der Waals surface area (Å²) in [5.74, 6) is 1.67. The first kappa shape index (κ1) is 17.0. The monoisotopic (exact) mass is 277 g/mol. The molecule has 20 heavy (non-hydrogen) atoms. The first-order valence-corrected chi connectivity index (χ1v) is 7.58. The molecule has 0 spiro atoms. The van der Waals surface area contributed by atoms with Crippen LogP contribution in [0, 0.1) is 18.3 Å². The average molecular weight is 277 g/mol. The molecule has 2 heteroatoms. The highest BCUT2D eigenvalue weighted by atomic mass is 16.5. The van der Waals surface area contributed by atoms with Gasteiger partial charge in [-0.3, -0.25) is 0 Å². The summed E-state index contributed by atoms with van der Waals surface area (Å²) in [6.45, 7) is 11.4. The lowest BCUT2D eigenvalue weighted by atomic mass is 9.82. The van der Waals surface area contributed by atoms with Crippen LogP contribution in [0.15, 0.2) is 18.2 Å². The summed E-state index contributed by atoms with van der Waals surface area (Å²) < 4.78 is 5.34. The fraction of sp³-hybridized carbons (Fsp3) is 0.667. The van der Waals surface area contributed by atoms with Crippen LogP contribution in [0.25, 0.3) is 0 Å². The predicted molar refractivity (Wildman–Crippen MR) is 87.4 cm³/mol. The van der Waals surface area contributed by atoms with E-state index in [-0.39, 0.29) is 0 Å². The van der Waals surface area contributed by atoms with E-state index in [9.17, 15) is 0 Å². The summed E-state index contributed by atoms with van der Waals surface area (Å²) >= 11 is 0. The molecule has 0 heterocycles. The number of rotatable bonds is 6. The van der Waals surface area contributed by atoms with Crippen molar-refractivity contribution >= 4 is 0 Å². The minimum absolute atomic E-state index is 0.396. The van der Waals surface area contributed by atoms with Crippen molar-refractivity contribution in [3.8, 4) is 5.75 Å². The van der Waals surface area contributed by atoms with E-state index in [0.29, 0.717) is 17.4 Å². The van der Waals surface area contributed by atoms with Gasteiger partial charge >= 0.3 is 0 Å². The lowest BCUT2D eigenvalue weighted by Gasteiger charge is -2.27. The van der Waals surface area contributed by atoms with Crippen molar-refractivity contribution in [1.29, 1.82) is 0 Å². The van der Waals surface area contributed by atoms with Crippen LogP contribution in [0.3, 0.4) is 0 Å². The Morgan fingerprint density at radius 3 is 2.35 bits per heavy atom. The van der Waals surface area contributed by atoms with E-state index in [0.717, 1.165) is 5.75 Å². The van der Waals surface area contributed by atoms with E-state index in [1.807, 2.05) is 7.05 Å². The maximum atomic E-state index is 5.34. The van der Waals surface area contributed by atoms with Crippen molar-refractivity contribution < 1.29 is 4.74 Å². The van der Waals surface area contributed by atoms with Crippen molar-refractivity contribution in [2.24, 2.45) is 11.3 Å². The summed E-state index contributed by atoms with van der Waals surface area (Å²) in [7, 11) is 3.77. The van der Waals surface area contributed by atoms with E-state index in [1.165, 1.54) is 24.0 Å². The second kappa shape index (κ2) is 7.12. The summed E-state index contributed by atoms with van der Waals surface area (Å²) in [4.78, 5) is 0. The molecule has 1 aromatic carbocycles. The highest BCUT2D eigenvalue weighted by molar-refractivity contribution is 5.37. The Kier molecular flexibility index (Phi) is 6.07. The molecule has 0 amide bonds. The van der Waals surface area contributed by atoms with Crippen LogP contribution in [0.4, 0.5) is 0 Å². The SMILES string of the molecule is CNC(CC(C)CC(C)(C)C)c1ccc(OC)c(C)c1. The average Bonchev–Trinajstić information content (AvgIpc) is 2.33. The second-order valence-corrected chi connectivity index (χ2v) is 7.18. The third-order valence-electron chi connectivity index (χ3n) is 3.77. The third kappa shape index (κ3) is 5.16. The molecular formula is C18H31NO. The molecular weight excluding hydrogens is 246 g/mol. The Labute approximate surface area is 124 Å². The summed E-state index contributed by atoms with van der Waals surface area (Å²) in [5, 5.41) is 3.46. The van der Waals surface area contributed by atoms with Crippen molar-refractivity contribution in [3.05, 3.63) is 29.3 Å². The second-order valence-electron chi connectivity index (χ2n) is 7.18. The molecule has 0 bridgehead atoms. The number of ether oxygens (including phenoxy) is 1. The van der Waals surface area contributed by atoms with E-state index >= 15 is 0 Å². The van der Waals surface area contributed by atoms with Crippen LogP contribution in [0.1, 0.15) is 57.7 Å². The molecule has 0 radical (unpaired) electrons. The molecule has 114 valence electrons. The van der Waals surface area contributed by atoms with Crippen molar-refractivity contribution in [2.75, 3.05) is 14.2 Å². The van der Waals surface area contributed by atoms with Crippen molar-refractivity contribution in [3.63, 3.8) is 0 Å². The molecule has 1 aromatic rings. The van der Waals surface area contributed by atoms with E-state index in [4.69, 9.17) is 4.74 Å². The Balaban J connectivity index is 2.78. The molecule has 1 rings (SSSR count). The number of nitrogens with one attached hydrogen (secondary N) is 1. The van der Waals surface area contributed by atoms with Crippen molar-refractivity contribution in [2.45, 2.75) is 53.5 Å². The van der Waals surface area contributed by atoms with Crippen LogP contribution < -0.4 is 10.1 Å². The van der Waals surface area contributed by atoms with Gasteiger partial charge in [-0.1, -0.05) is 39.8 Å².